The summed E-state index contributed by atoms with van der Waals surface area (Å²) in [5.74, 6) is -1.50. The number of benzene rings is 2. The summed E-state index contributed by atoms with van der Waals surface area (Å²) in [5, 5.41) is 8.90. The van der Waals surface area contributed by atoms with Crippen LogP contribution in [0.25, 0.3) is 0 Å². The molecule has 2 aromatic rings. The molecule has 5 heteroatoms. The Morgan fingerprint density at radius 2 is 1.48 bits per heavy atom. The Kier molecular flexibility index (Phi) is 3.86. The molecule has 3 nitrogen and oxygen atoms in total. The SMILES string of the molecule is O=C(O)/C=C1\CCC(c2ccc(F)cc2)(c2ccc(F)cc2)O1. The maximum Gasteiger partial charge on any atom is 0.331 e. The number of carboxylic acid groups (broad SMARTS) is 1. The lowest BCUT2D eigenvalue weighted by molar-refractivity contribution is -0.131. The van der Waals surface area contributed by atoms with E-state index in [9.17, 15) is 13.6 Å². The Hall–Kier alpha value is -2.69. The summed E-state index contributed by atoms with van der Waals surface area (Å²) in [6, 6.07) is 11.7. The van der Waals surface area contributed by atoms with Crippen molar-refractivity contribution >= 4 is 5.97 Å². The first-order valence-electron chi connectivity index (χ1n) is 7.14. The molecule has 118 valence electrons. The molecule has 1 fully saturated rings. The monoisotopic (exact) mass is 316 g/mol. The molecule has 0 amide bonds. The van der Waals surface area contributed by atoms with Gasteiger partial charge in [-0.1, -0.05) is 24.3 Å². The van der Waals surface area contributed by atoms with E-state index in [1.807, 2.05) is 0 Å². The van der Waals surface area contributed by atoms with Crippen LogP contribution in [0.5, 0.6) is 0 Å². The van der Waals surface area contributed by atoms with Gasteiger partial charge >= 0.3 is 5.97 Å². The second-order valence-corrected chi connectivity index (χ2v) is 5.39. The van der Waals surface area contributed by atoms with Crippen LogP contribution in [-0.2, 0) is 15.1 Å². The van der Waals surface area contributed by atoms with Gasteiger partial charge in [0.25, 0.3) is 0 Å². The van der Waals surface area contributed by atoms with Crippen LogP contribution < -0.4 is 0 Å². The highest BCUT2D eigenvalue weighted by Gasteiger charge is 2.42. The van der Waals surface area contributed by atoms with Gasteiger partial charge in [0, 0.05) is 24.0 Å². The van der Waals surface area contributed by atoms with Crippen LogP contribution in [0, 0.1) is 11.6 Å². The van der Waals surface area contributed by atoms with Crippen molar-refractivity contribution in [2.24, 2.45) is 0 Å². The van der Waals surface area contributed by atoms with Gasteiger partial charge in [-0.15, -0.1) is 0 Å². The highest BCUT2D eigenvalue weighted by molar-refractivity contribution is 5.80. The predicted molar refractivity (Wildman–Crippen MR) is 79.6 cm³/mol. The molecule has 1 heterocycles. The Balaban J connectivity index is 2.09. The number of rotatable bonds is 3. The van der Waals surface area contributed by atoms with Gasteiger partial charge in [-0.3, -0.25) is 0 Å². The molecule has 0 unspecified atom stereocenters. The zero-order valence-electron chi connectivity index (χ0n) is 12.1. The molecule has 0 radical (unpaired) electrons. The summed E-state index contributed by atoms with van der Waals surface area (Å²) < 4.78 is 32.4. The van der Waals surface area contributed by atoms with E-state index >= 15 is 0 Å². The standard InChI is InChI=1S/C18H14F2O3/c19-14-5-1-12(2-6-14)18(13-3-7-15(20)8-4-13)10-9-16(23-18)11-17(21)22/h1-8,11H,9-10H2,(H,21,22)/b16-11+. The molecular weight excluding hydrogens is 302 g/mol. The molecule has 1 N–H and O–H groups in total. The molecule has 3 rings (SSSR count). The van der Waals surface area contributed by atoms with Crippen molar-refractivity contribution < 1.29 is 23.4 Å². The third-order valence-corrected chi connectivity index (χ3v) is 3.93. The second kappa shape index (κ2) is 5.83. The molecule has 1 saturated heterocycles. The molecule has 23 heavy (non-hydrogen) atoms. The van der Waals surface area contributed by atoms with Crippen molar-refractivity contribution in [2.75, 3.05) is 0 Å². The van der Waals surface area contributed by atoms with Crippen molar-refractivity contribution in [3.05, 3.63) is 83.1 Å². The fourth-order valence-corrected chi connectivity index (χ4v) is 2.88. The molecule has 1 aliphatic heterocycles. The van der Waals surface area contributed by atoms with Gasteiger partial charge in [-0.2, -0.15) is 0 Å². The first kappa shape index (κ1) is 15.2. The van der Waals surface area contributed by atoms with Gasteiger partial charge in [0.05, 0.1) is 6.08 Å². The summed E-state index contributed by atoms with van der Waals surface area (Å²) in [6.45, 7) is 0. The number of halogens is 2. The average molecular weight is 316 g/mol. The highest BCUT2D eigenvalue weighted by Crippen LogP contribution is 2.46. The fraction of sp³-hybridized carbons (Fsp3) is 0.167. The molecule has 0 spiro atoms. The Bertz CT molecular complexity index is 703. The van der Waals surface area contributed by atoms with E-state index < -0.39 is 11.6 Å². The fourth-order valence-electron chi connectivity index (χ4n) is 2.88. The van der Waals surface area contributed by atoms with E-state index in [1.165, 1.54) is 24.3 Å². The summed E-state index contributed by atoms with van der Waals surface area (Å²) in [6.07, 6.45) is 1.94. The lowest BCUT2D eigenvalue weighted by atomic mass is 9.84. The van der Waals surface area contributed by atoms with Crippen molar-refractivity contribution in [1.82, 2.24) is 0 Å². The van der Waals surface area contributed by atoms with Gasteiger partial charge in [-0.05, 0) is 24.3 Å². The van der Waals surface area contributed by atoms with Gasteiger partial charge in [0.15, 0.2) is 5.60 Å². The maximum absolute atomic E-state index is 13.2. The molecule has 0 atom stereocenters. The Morgan fingerprint density at radius 1 is 1.00 bits per heavy atom. The number of hydrogen-bond donors (Lipinski definition) is 1. The van der Waals surface area contributed by atoms with Gasteiger partial charge in [0.1, 0.15) is 17.4 Å². The topological polar surface area (TPSA) is 46.5 Å². The van der Waals surface area contributed by atoms with Crippen LogP contribution >= 0.6 is 0 Å². The zero-order chi connectivity index (χ0) is 16.4. The largest absolute Gasteiger partial charge is 0.482 e. The van der Waals surface area contributed by atoms with E-state index in [-0.39, 0.29) is 11.6 Å². The average Bonchev–Trinajstić information content (AvgIpc) is 2.93. The summed E-state index contributed by atoms with van der Waals surface area (Å²) in [4.78, 5) is 10.9. The number of carbonyl (C=O) groups is 1. The first-order chi connectivity index (χ1) is 11.0. The second-order valence-electron chi connectivity index (χ2n) is 5.39. The third-order valence-electron chi connectivity index (χ3n) is 3.93. The van der Waals surface area contributed by atoms with Gasteiger partial charge in [-0.25, -0.2) is 13.6 Å². The van der Waals surface area contributed by atoms with E-state index in [0.29, 0.717) is 29.7 Å². The number of carboxylic acids is 1. The number of hydrogen-bond acceptors (Lipinski definition) is 2. The van der Waals surface area contributed by atoms with Gasteiger partial charge in [0.2, 0.25) is 0 Å². The lowest BCUT2D eigenvalue weighted by Gasteiger charge is -2.30. The summed E-state index contributed by atoms with van der Waals surface area (Å²) in [7, 11) is 0. The molecule has 2 aromatic carbocycles. The van der Waals surface area contributed by atoms with E-state index in [4.69, 9.17) is 9.84 Å². The Labute approximate surface area is 131 Å². The van der Waals surface area contributed by atoms with Crippen molar-refractivity contribution in [1.29, 1.82) is 0 Å². The molecule has 0 aliphatic carbocycles. The van der Waals surface area contributed by atoms with E-state index in [2.05, 4.69) is 0 Å². The Morgan fingerprint density at radius 3 is 1.91 bits per heavy atom. The molecule has 1 aliphatic rings. The normalized spacial score (nSPS) is 17.9. The molecular formula is C18H14F2O3. The number of aliphatic carboxylic acids is 1. The van der Waals surface area contributed by atoms with E-state index in [1.54, 1.807) is 24.3 Å². The lowest BCUT2D eigenvalue weighted by Crippen LogP contribution is -2.26. The van der Waals surface area contributed by atoms with Gasteiger partial charge < -0.3 is 9.84 Å². The van der Waals surface area contributed by atoms with Crippen LogP contribution in [0.15, 0.2) is 60.4 Å². The molecule has 0 saturated carbocycles. The highest BCUT2D eigenvalue weighted by atomic mass is 19.1. The third kappa shape index (κ3) is 2.95. The number of allylic oxidation sites excluding steroid dienone is 1. The summed E-state index contributed by atoms with van der Waals surface area (Å²) in [5.41, 5.74) is 0.446. The minimum Gasteiger partial charge on any atom is -0.482 e. The quantitative estimate of drug-likeness (QED) is 0.871. The smallest absolute Gasteiger partial charge is 0.331 e. The minimum atomic E-state index is -1.09. The zero-order valence-corrected chi connectivity index (χ0v) is 12.1. The minimum absolute atomic E-state index is 0.339. The van der Waals surface area contributed by atoms with Crippen LogP contribution in [0.2, 0.25) is 0 Å². The van der Waals surface area contributed by atoms with Crippen LogP contribution in [0.1, 0.15) is 24.0 Å². The van der Waals surface area contributed by atoms with Crippen LogP contribution in [0.3, 0.4) is 0 Å². The van der Waals surface area contributed by atoms with E-state index in [0.717, 1.165) is 6.08 Å². The van der Waals surface area contributed by atoms with Crippen molar-refractivity contribution in [3.63, 3.8) is 0 Å². The van der Waals surface area contributed by atoms with Crippen molar-refractivity contribution in [2.45, 2.75) is 18.4 Å². The van der Waals surface area contributed by atoms with Crippen LogP contribution in [0.4, 0.5) is 8.78 Å². The molecule has 0 bridgehead atoms. The van der Waals surface area contributed by atoms with Crippen LogP contribution in [-0.4, -0.2) is 11.1 Å². The van der Waals surface area contributed by atoms with Crippen molar-refractivity contribution in [3.8, 4) is 0 Å². The predicted octanol–water partition coefficient (Wildman–Crippen LogP) is 3.99. The summed E-state index contributed by atoms with van der Waals surface area (Å²) >= 11 is 0. The maximum atomic E-state index is 13.2. The molecule has 0 aromatic heterocycles. The first-order valence-corrected chi connectivity index (χ1v) is 7.14. The number of ether oxygens (including phenoxy) is 1.